The van der Waals surface area contributed by atoms with Crippen molar-refractivity contribution < 1.29 is 23.1 Å². The number of nitrogens with one attached hydrogen (secondary N) is 2. The number of unbranched alkanes of at least 4 members (excludes halogenated alkanes) is 1. The summed E-state index contributed by atoms with van der Waals surface area (Å²) in [5.41, 5.74) is 3.42. The van der Waals surface area contributed by atoms with Gasteiger partial charge in [0.1, 0.15) is 11.6 Å². The monoisotopic (exact) mass is 624 g/mol. The van der Waals surface area contributed by atoms with E-state index in [1.165, 1.54) is 0 Å². The number of nitrogens with zero attached hydrogens (tertiary/aromatic N) is 4. The van der Waals surface area contributed by atoms with E-state index in [1.807, 2.05) is 44.5 Å². The molecule has 1 aromatic heterocycles. The van der Waals surface area contributed by atoms with Crippen molar-refractivity contribution in [1.29, 1.82) is 0 Å². The minimum atomic E-state index is -3.35. The van der Waals surface area contributed by atoms with Crippen LogP contribution in [-0.2, 0) is 26.2 Å². The number of hydrogen-bond acceptors (Lipinski definition) is 7. The molecule has 0 unspecified atom stereocenters. The summed E-state index contributed by atoms with van der Waals surface area (Å²) in [6.45, 7) is 12.2. The Morgan fingerprint density at radius 2 is 1.76 bits per heavy atom. The van der Waals surface area contributed by atoms with Crippen molar-refractivity contribution >= 4 is 39.9 Å². The summed E-state index contributed by atoms with van der Waals surface area (Å²) in [5.74, 6) is -0.493. The first-order valence-corrected chi connectivity index (χ1v) is 16.3. The van der Waals surface area contributed by atoms with Gasteiger partial charge in [0.25, 0.3) is 0 Å². The molecule has 0 bridgehead atoms. The molecule has 11 nitrogen and oxygen atoms in total. The summed E-state index contributed by atoms with van der Waals surface area (Å²) >= 11 is 0. The molecule has 2 amide bonds. The normalized spacial score (nSPS) is 20.0. The molecule has 3 heterocycles. The summed E-state index contributed by atoms with van der Waals surface area (Å²) in [4.78, 5) is 31.2. The SMILES string of the molecule is CCCCN1C(=O)[C@@H]([C@H](O)C(C)C)NC(=O)C12CCN(Cc1c(C)nn(-c3ccc(NS(C)(=O)=O)cc3)c1C)CC2.Cl. The molecule has 13 heteroatoms. The fourth-order valence-electron chi connectivity index (χ4n) is 5.94. The Hall–Kier alpha value is -2.67. The van der Waals surface area contributed by atoms with Gasteiger partial charge in [-0.25, -0.2) is 13.1 Å². The van der Waals surface area contributed by atoms with Crippen LogP contribution in [0.2, 0.25) is 0 Å². The molecule has 1 aromatic carbocycles. The van der Waals surface area contributed by atoms with Gasteiger partial charge in [-0.2, -0.15) is 5.10 Å². The van der Waals surface area contributed by atoms with E-state index >= 15 is 0 Å². The molecule has 2 atom stereocenters. The average Bonchev–Trinajstić information content (AvgIpc) is 3.19. The number of likely N-dealkylation sites (tertiary alicyclic amines) is 1. The van der Waals surface area contributed by atoms with Gasteiger partial charge in [-0.05, 0) is 63.3 Å². The number of carbonyl (C=O) groups excluding carboxylic acids is 2. The van der Waals surface area contributed by atoms with Crippen molar-refractivity contribution in [3.05, 3.63) is 41.2 Å². The van der Waals surface area contributed by atoms with E-state index in [4.69, 9.17) is 5.10 Å². The summed E-state index contributed by atoms with van der Waals surface area (Å²) in [6.07, 6.45) is 2.95. The van der Waals surface area contributed by atoms with Gasteiger partial charge < -0.3 is 15.3 Å². The molecule has 2 aliphatic heterocycles. The molecule has 2 saturated heterocycles. The van der Waals surface area contributed by atoms with Gasteiger partial charge in [-0.1, -0.05) is 27.2 Å². The van der Waals surface area contributed by atoms with Crippen molar-refractivity contribution in [1.82, 2.24) is 24.9 Å². The van der Waals surface area contributed by atoms with Gasteiger partial charge in [0, 0.05) is 43.1 Å². The lowest BCUT2D eigenvalue weighted by Gasteiger charge is -2.52. The van der Waals surface area contributed by atoms with Crippen LogP contribution in [0.4, 0.5) is 5.69 Å². The third-order valence-electron chi connectivity index (χ3n) is 8.44. The summed E-state index contributed by atoms with van der Waals surface area (Å²) in [6, 6.07) is 6.17. The molecule has 4 rings (SSSR count). The number of rotatable bonds is 10. The average molecular weight is 625 g/mol. The first-order valence-electron chi connectivity index (χ1n) is 14.4. The molecule has 2 aromatic rings. The number of benzene rings is 1. The van der Waals surface area contributed by atoms with Crippen LogP contribution in [0.25, 0.3) is 5.69 Å². The van der Waals surface area contributed by atoms with Crippen molar-refractivity contribution in [3.8, 4) is 5.69 Å². The Bertz CT molecular complexity index is 1370. The van der Waals surface area contributed by atoms with Crippen LogP contribution in [0, 0.1) is 19.8 Å². The maximum Gasteiger partial charge on any atom is 0.248 e. The number of anilines is 1. The topological polar surface area (TPSA) is 137 Å². The van der Waals surface area contributed by atoms with Crippen LogP contribution in [0.15, 0.2) is 24.3 Å². The lowest BCUT2D eigenvalue weighted by Crippen LogP contribution is -2.74. The number of aromatic nitrogens is 2. The van der Waals surface area contributed by atoms with Crippen LogP contribution < -0.4 is 10.0 Å². The predicted octanol–water partition coefficient (Wildman–Crippen LogP) is 2.76. The van der Waals surface area contributed by atoms with E-state index < -0.39 is 27.7 Å². The van der Waals surface area contributed by atoms with Crippen LogP contribution in [-0.4, -0.2) is 88.5 Å². The van der Waals surface area contributed by atoms with E-state index in [0.29, 0.717) is 44.7 Å². The quantitative estimate of drug-likeness (QED) is 0.370. The van der Waals surface area contributed by atoms with Crippen molar-refractivity contribution in [2.24, 2.45) is 5.92 Å². The van der Waals surface area contributed by atoms with Crippen LogP contribution in [0.1, 0.15) is 63.4 Å². The molecule has 2 aliphatic rings. The van der Waals surface area contributed by atoms with Gasteiger partial charge in [0.15, 0.2) is 0 Å². The molecule has 234 valence electrons. The summed E-state index contributed by atoms with van der Waals surface area (Å²) < 4.78 is 27.4. The number of amides is 2. The lowest BCUT2D eigenvalue weighted by molar-refractivity contribution is -0.165. The highest BCUT2D eigenvalue weighted by Crippen LogP contribution is 2.35. The van der Waals surface area contributed by atoms with Gasteiger partial charge in [-0.3, -0.25) is 19.2 Å². The highest BCUT2D eigenvalue weighted by molar-refractivity contribution is 7.92. The largest absolute Gasteiger partial charge is 0.390 e. The third kappa shape index (κ3) is 6.93. The van der Waals surface area contributed by atoms with Crippen molar-refractivity contribution in [2.45, 2.75) is 84.5 Å². The molecule has 1 spiro atoms. The maximum absolute atomic E-state index is 13.6. The molecule has 2 fully saturated rings. The number of piperidine rings is 1. The highest BCUT2D eigenvalue weighted by atomic mass is 35.5. The second-order valence-corrected chi connectivity index (χ2v) is 13.6. The van der Waals surface area contributed by atoms with Crippen LogP contribution in [0.3, 0.4) is 0 Å². The zero-order chi connectivity index (χ0) is 30.1. The minimum Gasteiger partial charge on any atom is -0.390 e. The van der Waals surface area contributed by atoms with Crippen LogP contribution in [0.5, 0.6) is 0 Å². The first kappa shape index (κ1) is 33.8. The van der Waals surface area contributed by atoms with E-state index in [0.717, 1.165) is 41.7 Å². The number of sulfonamides is 1. The molecular weight excluding hydrogens is 580 g/mol. The predicted molar refractivity (Wildman–Crippen MR) is 165 cm³/mol. The minimum absolute atomic E-state index is 0. The second-order valence-electron chi connectivity index (χ2n) is 11.8. The zero-order valence-electron chi connectivity index (χ0n) is 25.4. The fourth-order valence-corrected chi connectivity index (χ4v) is 6.50. The molecule has 0 aliphatic carbocycles. The molecule has 3 N–H and O–H groups in total. The fraction of sp³-hybridized carbons (Fsp3) is 0.621. The number of carbonyl (C=O) groups is 2. The van der Waals surface area contributed by atoms with E-state index in [-0.39, 0.29) is 30.1 Å². The highest BCUT2D eigenvalue weighted by Gasteiger charge is 2.54. The number of hydrogen-bond donors (Lipinski definition) is 3. The number of aryl methyl sites for hydroxylation is 1. The Kier molecular flexibility index (Phi) is 10.7. The van der Waals surface area contributed by atoms with Crippen molar-refractivity contribution in [2.75, 3.05) is 30.6 Å². The van der Waals surface area contributed by atoms with Gasteiger partial charge >= 0.3 is 0 Å². The number of aliphatic hydroxyl groups is 1. The second kappa shape index (κ2) is 13.3. The van der Waals surface area contributed by atoms with E-state index in [1.54, 1.807) is 17.0 Å². The lowest BCUT2D eigenvalue weighted by atomic mass is 9.80. The molecule has 42 heavy (non-hydrogen) atoms. The first-order chi connectivity index (χ1) is 19.3. The molecular formula is C29H45ClN6O5S. The Morgan fingerprint density at radius 1 is 1.14 bits per heavy atom. The van der Waals surface area contributed by atoms with E-state index in [2.05, 4.69) is 21.9 Å². The molecule has 0 radical (unpaired) electrons. The Balaban J connectivity index is 0.00000484. The number of halogens is 1. The van der Waals surface area contributed by atoms with E-state index in [9.17, 15) is 23.1 Å². The smallest absolute Gasteiger partial charge is 0.248 e. The van der Waals surface area contributed by atoms with Gasteiger partial charge in [-0.15, -0.1) is 12.4 Å². The Morgan fingerprint density at radius 3 is 2.31 bits per heavy atom. The number of piperazine rings is 1. The van der Waals surface area contributed by atoms with Crippen molar-refractivity contribution in [3.63, 3.8) is 0 Å². The standard InChI is InChI=1S/C29H44N6O5S.ClH/c1-7-8-15-34-27(37)25(26(36)19(2)3)30-28(38)29(34)13-16-33(17-14-29)18-24-20(4)31-35(21(24)5)23-11-9-22(10-12-23)32-41(6,39)40;/h9-12,19,25-26,32,36H,7-8,13-18H2,1-6H3,(H,30,38);1H/t25-,26-;/m1./s1. The summed E-state index contributed by atoms with van der Waals surface area (Å²) in [5, 5.41) is 18.3. The summed E-state index contributed by atoms with van der Waals surface area (Å²) in [7, 11) is -3.35. The van der Waals surface area contributed by atoms with Gasteiger partial charge in [0.05, 0.1) is 23.7 Å². The van der Waals surface area contributed by atoms with Crippen LogP contribution >= 0.6 is 12.4 Å². The molecule has 0 saturated carbocycles. The third-order valence-corrected chi connectivity index (χ3v) is 9.05. The maximum atomic E-state index is 13.6. The number of aliphatic hydroxyl groups excluding tert-OH is 1. The van der Waals surface area contributed by atoms with Gasteiger partial charge in [0.2, 0.25) is 21.8 Å². The zero-order valence-corrected chi connectivity index (χ0v) is 27.0. The Labute approximate surface area is 255 Å².